The summed E-state index contributed by atoms with van der Waals surface area (Å²) < 4.78 is 6.59. The Balaban J connectivity index is 1.96. The number of nitrogens with zero attached hydrogens (tertiary/aromatic N) is 3. The summed E-state index contributed by atoms with van der Waals surface area (Å²) in [7, 11) is 1.33. The molecule has 1 aromatic carbocycles. The summed E-state index contributed by atoms with van der Waals surface area (Å²) in [5.41, 5.74) is 7.28. The molecular formula is C14H12N4O2S. The van der Waals surface area contributed by atoms with Crippen LogP contribution in [0.25, 0.3) is 5.65 Å². The molecule has 0 aliphatic heterocycles. The molecule has 2 aromatic heterocycles. The van der Waals surface area contributed by atoms with Crippen molar-refractivity contribution in [1.82, 2.24) is 14.6 Å². The van der Waals surface area contributed by atoms with Crippen LogP contribution in [0.3, 0.4) is 0 Å². The van der Waals surface area contributed by atoms with Gasteiger partial charge in [0.2, 0.25) is 0 Å². The normalized spacial score (nSPS) is 10.7. The molecule has 0 atom stereocenters. The second-order valence-electron chi connectivity index (χ2n) is 4.25. The molecule has 0 saturated carbocycles. The highest BCUT2D eigenvalue weighted by atomic mass is 32.2. The van der Waals surface area contributed by atoms with Crippen molar-refractivity contribution in [3.63, 3.8) is 0 Å². The van der Waals surface area contributed by atoms with Gasteiger partial charge in [0.1, 0.15) is 0 Å². The van der Waals surface area contributed by atoms with E-state index in [9.17, 15) is 4.79 Å². The van der Waals surface area contributed by atoms with Gasteiger partial charge in [0.05, 0.1) is 12.7 Å². The lowest BCUT2D eigenvalue weighted by molar-refractivity contribution is 0.0601. The Bertz CT molecular complexity index is 816. The van der Waals surface area contributed by atoms with Crippen molar-refractivity contribution in [1.29, 1.82) is 0 Å². The van der Waals surface area contributed by atoms with Crippen LogP contribution >= 0.6 is 11.8 Å². The summed E-state index contributed by atoms with van der Waals surface area (Å²) in [6, 6.07) is 10.9. The Labute approximate surface area is 124 Å². The van der Waals surface area contributed by atoms with E-state index < -0.39 is 5.97 Å². The minimum absolute atomic E-state index is 0.344. The van der Waals surface area contributed by atoms with Crippen LogP contribution in [-0.2, 0) is 4.74 Å². The van der Waals surface area contributed by atoms with Gasteiger partial charge in [-0.2, -0.15) is 0 Å². The van der Waals surface area contributed by atoms with E-state index in [2.05, 4.69) is 10.2 Å². The average Bonchev–Trinajstić information content (AvgIpc) is 2.92. The molecule has 3 rings (SSSR count). The van der Waals surface area contributed by atoms with Gasteiger partial charge in [-0.1, -0.05) is 6.07 Å². The van der Waals surface area contributed by atoms with Crippen LogP contribution in [0.5, 0.6) is 0 Å². The van der Waals surface area contributed by atoms with Crippen LogP contribution in [0, 0.1) is 0 Å². The number of hydrogen-bond donors (Lipinski definition) is 1. The maximum absolute atomic E-state index is 11.7. The SMILES string of the molecule is COC(=O)c1cc(Sc2nnc3ccccn23)ccc1N. The van der Waals surface area contributed by atoms with Gasteiger partial charge in [0, 0.05) is 16.8 Å². The Hall–Kier alpha value is -2.54. The largest absolute Gasteiger partial charge is 0.465 e. The summed E-state index contributed by atoms with van der Waals surface area (Å²) in [5.74, 6) is -0.457. The lowest BCUT2D eigenvalue weighted by Crippen LogP contribution is -2.05. The Morgan fingerprint density at radius 2 is 2.14 bits per heavy atom. The molecule has 0 fully saturated rings. The maximum atomic E-state index is 11.7. The zero-order valence-corrected chi connectivity index (χ0v) is 12.0. The zero-order valence-electron chi connectivity index (χ0n) is 11.2. The van der Waals surface area contributed by atoms with E-state index in [0.29, 0.717) is 16.4 Å². The number of aromatic nitrogens is 3. The third-order valence-electron chi connectivity index (χ3n) is 2.92. The van der Waals surface area contributed by atoms with E-state index in [-0.39, 0.29) is 0 Å². The Kier molecular flexibility index (Phi) is 3.49. The number of ether oxygens (including phenoxy) is 1. The van der Waals surface area contributed by atoms with E-state index in [1.807, 2.05) is 34.9 Å². The monoisotopic (exact) mass is 300 g/mol. The van der Waals surface area contributed by atoms with E-state index >= 15 is 0 Å². The predicted octanol–water partition coefficient (Wildman–Crippen LogP) is 2.25. The van der Waals surface area contributed by atoms with Gasteiger partial charge in [-0.15, -0.1) is 10.2 Å². The molecule has 0 radical (unpaired) electrons. The third-order valence-corrected chi connectivity index (χ3v) is 3.87. The first-order chi connectivity index (χ1) is 10.2. The van der Waals surface area contributed by atoms with E-state index in [4.69, 9.17) is 10.5 Å². The molecule has 21 heavy (non-hydrogen) atoms. The van der Waals surface area contributed by atoms with Crippen molar-refractivity contribution in [2.75, 3.05) is 12.8 Å². The lowest BCUT2D eigenvalue weighted by Gasteiger charge is -2.06. The number of nitrogen functional groups attached to an aromatic ring is 1. The summed E-state index contributed by atoms with van der Waals surface area (Å²) in [6.07, 6.45) is 1.89. The van der Waals surface area contributed by atoms with Gasteiger partial charge in [-0.3, -0.25) is 4.40 Å². The number of pyridine rings is 1. The number of benzene rings is 1. The van der Waals surface area contributed by atoms with Crippen LogP contribution in [-0.4, -0.2) is 27.7 Å². The number of carbonyl (C=O) groups excluding carboxylic acids is 1. The van der Waals surface area contributed by atoms with Crippen LogP contribution < -0.4 is 5.73 Å². The molecule has 0 unspecified atom stereocenters. The van der Waals surface area contributed by atoms with Gasteiger partial charge in [-0.05, 0) is 42.1 Å². The summed E-state index contributed by atoms with van der Waals surface area (Å²) in [4.78, 5) is 12.5. The fraction of sp³-hybridized carbons (Fsp3) is 0.0714. The Morgan fingerprint density at radius 1 is 1.29 bits per heavy atom. The fourth-order valence-electron chi connectivity index (χ4n) is 1.88. The topological polar surface area (TPSA) is 82.5 Å². The van der Waals surface area contributed by atoms with Crippen LogP contribution in [0.15, 0.2) is 52.6 Å². The van der Waals surface area contributed by atoms with Crippen molar-refractivity contribution >= 4 is 29.1 Å². The molecule has 7 heteroatoms. The van der Waals surface area contributed by atoms with Crippen molar-refractivity contribution in [3.05, 3.63) is 48.2 Å². The highest BCUT2D eigenvalue weighted by molar-refractivity contribution is 7.99. The minimum atomic E-state index is -0.457. The van der Waals surface area contributed by atoms with Gasteiger partial charge >= 0.3 is 5.97 Å². The fourth-order valence-corrected chi connectivity index (χ4v) is 2.74. The number of anilines is 1. The van der Waals surface area contributed by atoms with Crippen molar-refractivity contribution in [3.8, 4) is 0 Å². The first-order valence-corrected chi connectivity index (χ1v) is 6.96. The van der Waals surface area contributed by atoms with Crippen LogP contribution in [0.4, 0.5) is 5.69 Å². The molecule has 106 valence electrons. The maximum Gasteiger partial charge on any atom is 0.339 e. The van der Waals surface area contributed by atoms with E-state index in [0.717, 1.165) is 10.5 Å². The summed E-state index contributed by atoms with van der Waals surface area (Å²) >= 11 is 1.40. The first kappa shape index (κ1) is 13.4. The molecule has 0 aliphatic rings. The van der Waals surface area contributed by atoms with Crippen LogP contribution in [0.2, 0.25) is 0 Å². The van der Waals surface area contributed by atoms with Crippen molar-refractivity contribution in [2.24, 2.45) is 0 Å². The second kappa shape index (κ2) is 5.45. The summed E-state index contributed by atoms with van der Waals surface area (Å²) in [6.45, 7) is 0. The zero-order chi connectivity index (χ0) is 14.8. The highest BCUT2D eigenvalue weighted by Crippen LogP contribution is 2.29. The standard InChI is InChI=1S/C14H12N4O2S/c1-20-13(19)10-8-9(5-6-11(10)15)21-14-17-16-12-4-2-3-7-18(12)14/h2-8H,15H2,1H3. The number of nitrogens with two attached hydrogens (primary N) is 1. The average molecular weight is 300 g/mol. The minimum Gasteiger partial charge on any atom is -0.465 e. The van der Waals surface area contributed by atoms with Crippen LogP contribution in [0.1, 0.15) is 10.4 Å². The highest BCUT2D eigenvalue weighted by Gasteiger charge is 2.13. The van der Waals surface area contributed by atoms with E-state index in [1.165, 1.54) is 18.9 Å². The number of carbonyl (C=O) groups is 1. The second-order valence-corrected chi connectivity index (χ2v) is 5.29. The summed E-state index contributed by atoms with van der Waals surface area (Å²) in [5, 5.41) is 8.93. The molecule has 6 nitrogen and oxygen atoms in total. The van der Waals surface area contributed by atoms with Crippen molar-refractivity contribution in [2.45, 2.75) is 10.1 Å². The van der Waals surface area contributed by atoms with Gasteiger partial charge in [-0.25, -0.2) is 4.79 Å². The molecule has 0 bridgehead atoms. The number of esters is 1. The van der Waals surface area contributed by atoms with Gasteiger partial charge in [0.25, 0.3) is 0 Å². The molecule has 0 saturated heterocycles. The first-order valence-electron chi connectivity index (χ1n) is 6.14. The van der Waals surface area contributed by atoms with E-state index in [1.54, 1.807) is 12.1 Å². The molecule has 0 aliphatic carbocycles. The van der Waals surface area contributed by atoms with Gasteiger partial charge < -0.3 is 10.5 Å². The lowest BCUT2D eigenvalue weighted by atomic mass is 10.2. The molecule has 2 N–H and O–H groups in total. The quantitative estimate of drug-likeness (QED) is 0.590. The molecule has 2 heterocycles. The smallest absolute Gasteiger partial charge is 0.339 e. The predicted molar refractivity (Wildman–Crippen MR) is 79.3 cm³/mol. The number of fused-ring (bicyclic) bond motifs is 1. The third kappa shape index (κ3) is 2.55. The Morgan fingerprint density at radius 3 is 2.95 bits per heavy atom. The molecule has 3 aromatic rings. The number of hydrogen-bond acceptors (Lipinski definition) is 6. The number of rotatable bonds is 3. The molecule has 0 amide bonds. The molecule has 0 spiro atoms. The molecular weight excluding hydrogens is 288 g/mol. The number of methoxy groups -OCH3 is 1. The van der Waals surface area contributed by atoms with Gasteiger partial charge in [0.15, 0.2) is 10.8 Å². The van der Waals surface area contributed by atoms with Crippen molar-refractivity contribution < 1.29 is 9.53 Å².